The second-order valence-corrected chi connectivity index (χ2v) is 8.59. The van der Waals surface area contributed by atoms with E-state index in [1.165, 1.54) is 6.26 Å². The van der Waals surface area contributed by atoms with Gasteiger partial charge in [-0.05, 0) is 23.8 Å². The van der Waals surface area contributed by atoms with Crippen molar-refractivity contribution in [2.75, 3.05) is 37.3 Å². The number of aromatic nitrogens is 1. The fourth-order valence-corrected chi connectivity index (χ4v) is 3.84. The summed E-state index contributed by atoms with van der Waals surface area (Å²) in [5.41, 5.74) is 1.22. The monoisotopic (exact) mass is 376 g/mol. The molecule has 1 N–H and O–H groups in total. The molecule has 0 aliphatic carbocycles. The third-order valence-corrected chi connectivity index (χ3v) is 5.20. The lowest BCUT2D eigenvalue weighted by Crippen LogP contribution is -2.52. The van der Waals surface area contributed by atoms with Crippen LogP contribution in [0.5, 0.6) is 0 Å². The Kier molecular flexibility index (Phi) is 5.13. The molecule has 1 aliphatic rings. The van der Waals surface area contributed by atoms with Crippen LogP contribution < -0.4 is 9.63 Å². The maximum absolute atomic E-state index is 12.6. The molecule has 0 radical (unpaired) electrons. The number of rotatable bonds is 4. The molecule has 7 nitrogen and oxygen atoms in total. The van der Waals surface area contributed by atoms with Crippen molar-refractivity contribution in [1.82, 2.24) is 4.90 Å². The number of benzene rings is 1. The molecule has 0 unspecified atom stereocenters. The number of pyridine rings is 1. The maximum atomic E-state index is 12.6. The van der Waals surface area contributed by atoms with Gasteiger partial charge in [-0.25, -0.2) is 8.42 Å². The molecule has 1 aromatic heterocycles. The summed E-state index contributed by atoms with van der Waals surface area (Å²) in [5, 5.41) is 9.87. The molecule has 0 bridgehead atoms. The van der Waals surface area contributed by atoms with E-state index in [9.17, 15) is 18.4 Å². The SMILES string of the molecule is CS(=O)(=O)Cc1ccc(C(=O)N2CCN(c3cccc[n+]3O)CC2)cc1. The topological polar surface area (TPSA) is 81.8 Å². The van der Waals surface area contributed by atoms with Crippen molar-refractivity contribution >= 4 is 21.6 Å². The van der Waals surface area contributed by atoms with Crippen LogP contribution in [-0.2, 0) is 15.6 Å². The molecular formula is C18H22N3O4S+. The zero-order chi connectivity index (χ0) is 18.7. The van der Waals surface area contributed by atoms with E-state index in [1.807, 2.05) is 17.0 Å². The van der Waals surface area contributed by atoms with E-state index in [2.05, 4.69) is 0 Å². The molecule has 2 aromatic rings. The summed E-state index contributed by atoms with van der Waals surface area (Å²) in [7, 11) is -3.09. The lowest BCUT2D eigenvalue weighted by molar-refractivity contribution is -0.894. The Bertz CT molecular complexity index is 889. The molecule has 138 valence electrons. The zero-order valence-electron chi connectivity index (χ0n) is 14.6. The molecule has 1 saturated heterocycles. The van der Waals surface area contributed by atoms with Crippen LogP contribution in [0.3, 0.4) is 0 Å². The highest BCUT2D eigenvalue weighted by Crippen LogP contribution is 2.14. The normalized spacial score (nSPS) is 15.1. The van der Waals surface area contributed by atoms with Crippen molar-refractivity contribution in [3.05, 3.63) is 59.8 Å². The Labute approximate surface area is 153 Å². The first-order chi connectivity index (χ1) is 12.3. The summed E-state index contributed by atoms with van der Waals surface area (Å²) >= 11 is 0. The summed E-state index contributed by atoms with van der Waals surface area (Å²) < 4.78 is 23.8. The lowest BCUT2D eigenvalue weighted by Gasteiger charge is -2.31. The van der Waals surface area contributed by atoms with E-state index in [1.54, 1.807) is 41.4 Å². The average Bonchev–Trinajstić information content (AvgIpc) is 2.61. The second kappa shape index (κ2) is 7.33. The maximum Gasteiger partial charge on any atom is 0.316 e. The van der Waals surface area contributed by atoms with Gasteiger partial charge in [-0.1, -0.05) is 22.9 Å². The number of anilines is 1. The fraction of sp³-hybridized carbons (Fsp3) is 0.333. The minimum atomic E-state index is -3.09. The molecule has 1 aromatic carbocycles. The highest BCUT2D eigenvalue weighted by atomic mass is 32.2. The van der Waals surface area contributed by atoms with Crippen LogP contribution >= 0.6 is 0 Å². The molecule has 26 heavy (non-hydrogen) atoms. The summed E-state index contributed by atoms with van der Waals surface area (Å²) in [4.78, 5) is 16.4. The minimum Gasteiger partial charge on any atom is -0.350 e. The third-order valence-electron chi connectivity index (χ3n) is 4.34. The van der Waals surface area contributed by atoms with Crippen LogP contribution in [0.15, 0.2) is 48.7 Å². The Balaban J connectivity index is 1.62. The molecule has 2 heterocycles. The molecule has 1 fully saturated rings. The van der Waals surface area contributed by atoms with E-state index in [4.69, 9.17) is 0 Å². The number of sulfone groups is 1. The van der Waals surface area contributed by atoms with Crippen LogP contribution in [0, 0.1) is 0 Å². The van der Waals surface area contributed by atoms with Gasteiger partial charge < -0.3 is 10.1 Å². The molecule has 3 rings (SSSR count). The first kappa shape index (κ1) is 18.2. The smallest absolute Gasteiger partial charge is 0.316 e. The predicted octanol–water partition coefficient (Wildman–Crippen LogP) is 0.718. The van der Waals surface area contributed by atoms with Gasteiger partial charge in [0.15, 0.2) is 9.84 Å². The van der Waals surface area contributed by atoms with Gasteiger partial charge in [-0.15, -0.1) is 0 Å². The van der Waals surface area contributed by atoms with Crippen molar-refractivity contribution in [3.63, 3.8) is 0 Å². The van der Waals surface area contributed by atoms with Crippen molar-refractivity contribution < 1.29 is 23.1 Å². The molecule has 0 saturated carbocycles. The van der Waals surface area contributed by atoms with Crippen LogP contribution in [-0.4, -0.2) is 56.9 Å². The molecule has 8 heteroatoms. The Morgan fingerprint density at radius 2 is 1.73 bits per heavy atom. The standard InChI is InChI=1S/C18H22N3O4S/c1-26(24,25)14-15-5-7-16(8-6-15)18(22)20-12-10-19(11-13-20)17-4-2-3-9-21(17)23/h2-9,23H,10-14H2,1H3/q+1. The molecule has 1 aliphatic heterocycles. The van der Waals surface area contributed by atoms with Crippen LogP contribution in [0.4, 0.5) is 5.82 Å². The highest BCUT2D eigenvalue weighted by Gasteiger charge is 2.28. The van der Waals surface area contributed by atoms with Crippen LogP contribution in [0.2, 0.25) is 0 Å². The zero-order valence-corrected chi connectivity index (χ0v) is 15.4. The summed E-state index contributed by atoms with van der Waals surface area (Å²) in [6.07, 6.45) is 2.76. The summed E-state index contributed by atoms with van der Waals surface area (Å²) in [6.45, 7) is 2.36. The second-order valence-electron chi connectivity index (χ2n) is 6.45. The van der Waals surface area contributed by atoms with Gasteiger partial charge in [0.1, 0.15) is 19.3 Å². The van der Waals surface area contributed by atoms with E-state index >= 15 is 0 Å². The molecule has 0 atom stereocenters. The minimum absolute atomic E-state index is 0.0294. The van der Waals surface area contributed by atoms with Gasteiger partial charge in [0.25, 0.3) is 5.91 Å². The third kappa shape index (κ3) is 4.32. The number of hydrogen-bond donors (Lipinski definition) is 1. The quantitative estimate of drug-likeness (QED) is 0.628. The van der Waals surface area contributed by atoms with Crippen molar-refractivity contribution in [2.45, 2.75) is 5.75 Å². The van der Waals surface area contributed by atoms with Crippen LogP contribution in [0.25, 0.3) is 0 Å². The van der Waals surface area contributed by atoms with Gasteiger partial charge >= 0.3 is 5.82 Å². The van der Waals surface area contributed by atoms with Crippen molar-refractivity contribution in [1.29, 1.82) is 0 Å². The first-order valence-electron chi connectivity index (χ1n) is 8.34. The van der Waals surface area contributed by atoms with Crippen LogP contribution in [0.1, 0.15) is 15.9 Å². The Hall–Kier alpha value is -2.61. The molecule has 1 amide bonds. The van der Waals surface area contributed by atoms with E-state index in [0.717, 1.165) is 4.73 Å². The average molecular weight is 376 g/mol. The molecule has 0 spiro atoms. The highest BCUT2D eigenvalue weighted by molar-refractivity contribution is 7.89. The van der Waals surface area contributed by atoms with E-state index < -0.39 is 9.84 Å². The van der Waals surface area contributed by atoms with E-state index in [0.29, 0.717) is 43.1 Å². The molecular weight excluding hydrogens is 354 g/mol. The number of carbonyl (C=O) groups excluding carboxylic acids is 1. The first-order valence-corrected chi connectivity index (χ1v) is 10.4. The van der Waals surface area contributed by atoms with Gasteiger partial charge in [0, 0.05) is 17.9 Å². The predicted molar refractivity (Wildman–Crippen MR) is 96.9 cm³/mol. The van der Waals surface area contributed by atoms with Gasteiger partial charge in [0.05, 0.1) is 18.8 Å². The van der Waals surface area contributed by atoms with Gasteiger partial charge in [0.2, 0.25) is 0 Å². The van der Waals surface area contributed by atoms with Gasteiger partial charge in [-0.2, -0.15) is 0 Å². The number of nitrogens with zero attached hydrogens (tertiary/aromatic N) is 3. The number of amides is 1. The Morgan fingerprint density at radius 3 is 2.31 bits per heavy atom. The summed E-state index contributed by atoms with van der Waals surface area (Å²) in [5.74, 6) is 0.600. The Morgan fingerprint density at radius 1 is 1.08 bits per heavy atom. The number of piperazine rings is 1. The largest absolute Gasteiger partial charge is 0.350 e. The lowest BCUT2D eigenvalue weighted by atomic mass is 10.1. The van der Waals surface area contributed by atoms with E-state index in [-0.39, 0.29) is 11.7 Å². The fourth-order valence-electron chi connectivity index (χ4n) is 3.04. The van der Waals surface area contributed by atoms with Crippen molar-refractivity contribution in [2.24, 2.45) is 0 Å². The number of hydrogen-bond acceptors (Lipinski definition) is 5. The number of carbonyl (C=O) groups is 1. The van der Waals surface area contributed by atoms with Gasteiger partial charge in [-0.3, -0.25) is 9.69 Å². The summed E-state index contributed by atoms with van der Waals surface area (Å²) in [6, 6.07) is 12.2. The van der Waals surface area contributed by atoms with Crippen molar-refractivity contribution in [3.8, 4) is 0 Å².